The van der Waals surface area contributed by atoms with Crippen LogP contribution in [0.15, 0.2) is 24.3 Å². The van der Waals surface area contributed by atoms with Gasteiger partial charge in [-0.05, 0) is 49.4 Å². The van der Waals surface area contributed by atoms with E-state index in [9.17, 15) is 0 Å². The van der Waals surface area contributed by atoms with Crippen LogP contribution in [0.1, 0.15) is 33.3 Å². The molecule has 2 unspecified atom stereocenters. The molecule has 0 aliphatic rings. The minimum absolute atomic E-state index is 0.552. The van der Waals surface area contributed by atoms with Crippen molar-refractivity contribution in [3.8, 4) is 0 Å². The van der Waals surface area contributed by atoms with Gasteiger partial charge >= 0.3 is 0 Å². The maximum Gasteiger partial charge on any atom is 0.0406 e. The van der Waals surface area contributed by atoms with E-state index in [4.69, 9.17) is 11.6 Å². The normalized spacial score (nSPS) is 14.9. The molecule has 96 valence electrons. The summed E-state index contributed by atoms with van der Waals surface area (Å²) in [6.45, 7) is 10.1. The highest BCUT2D eigenvalue weighted by Gasteiger charge is 2.20. The van der Waals surface area contributed by atoms with Gasteiger partial charge in [-0.1, -0.05) is 44.5 Å². The van der Waals surface area contributed by atoms with Gasteiger partial charge in [0.25, 0.3) is 0 Å². The zero-order valence-corrected chi connectivity index (χ0v) is 12.1. The van der Waals surface area contributed by atoms with Gasteiger partial charge in [-0.25, -0.2) is 0 Å². The number of hydrogen-bond donors (Lipinski definition) is 1. The maximum atomic E-state index is 5.91. The van der Waals surface area contributed by atoms with E-state index in [1.807, 2.05) is 12.1 Å². The monoisotopic (exact) mass is 253 g/mol. The first-order valence-electron chi connectivity index (χ1n) is 6.52. The third kappa shape index (κ3) is 4.69. The van der Waals surface area contributed by atoms with Crippen molar-refractivity contribution < 1.29 is 0 Å². The molecule has 0 spiro atoms. The van der Waals surface area contributed by atoms with Crippen molar-refractivity contribution in [2.75, 3.05) is 6.54 Å². The molecule has 2 heteroatoms. The van der Waals surface area contributed by atoms with Crippen molar-refractivity contribution in [1.29, 1.82) is 0 Å². The fourth-order valence-corrected chi connectivity index (χ4v) is 2.48. The fourth-order valence-electron chi connectivity index (χ4n) is 2.36. The Kier molecular flexibility index (Phi) is 6.01. The Morgan fingerprint density at radius 1 is 1.12 bits per heavy atom. The van der Waals surface area contributed by atoms with Crippen molar-refractivity contribution in [3.05, 3.63) is 34.9 Å². The van der Waals surface area contributed by atoms with E-state index in [2.05, 4.69) is 45.1 Å². The minimum Gasteiger partial charge on any atom is -0.314 e. The third-order valence-corrected chi connectivity index (χ3v) is 3.66. The molecule has 0 aliphatic heterocycles. The Bertz CT molecular complexity index is 318. The molecule has 1 rings (SSSR count). The van der Waals surface area contributed by atoms with E-state index in [0.29, 0.717) is 17.9 Å². The van der Waals surface area contributed by atoms with E-state index >= 15 is 0 Å². The summed E-state index contributed by atoms with van der Waals surface area (Å²) in [6, 6.07) is 8.78. The highest BCUT2D eigenvalue weighted by molar-refractivity contribution is 6.30. The summed E-state index contributed by atoms with van der Waals surface area (Å²) >= 11 is 5.91. The summed E-state index contributed by atoms with van der Waals surface area (Å²) < 4.78 is 0. The topological polar surface area (TPSA) is 12.0 Å². The zero-order chi connectivity index (χ0) is 12.8. The SMILES string of the molecule is CCNC(C)C(Cc1ccc(Cl)cc1)C(C)C. The molecule has 1 nitrogen and oxygen atoms in total. The van der Waals surface area contributed by atoms with Crippen molar-refractivity contribution in [3.63, 3.8) is 0 Å². The molecule has 0 saturated heterocycles. The van der Waals surface area contributed by atoms with Crippen LogP contribution < -0.4 is 5.32 Å². The zero-order valence-electron chi connectivity index (χ0n) is 11.3. The quantitative estimate of drug-likeness (QED) is 0.803. The van der Waals surface area contributed by atoms with Crippen LogP contribution >= 0.6 is 11.6 Å². The molecular weight excluding hydrogens is 230 g/mol. The molecule has 0 bridgehead atoms. The molecule has 0 aliphatic carbocycles. The average Bonchev–Trinajstić information content (AvgIpc) is 2.28. The van der Waals surface area contributed by atoms with Gasteiger partial charge in [0, 0.05) is 11.1 Å². The van der Waals surface area contributed by atoms with Gasteiger partial charge < -0.3 is 5.32 Å². The molecule has 0 amide bonds. The molecule has 0 heterocycles. The number of hydrogen-bond acceptors (Lipinski definition) is 1. The summed E-state index contributed by atoms with van der Waals surface area (Å²) in [6.07, 6.45) is 1.11. The van der Waals surface area contributed by atoms with E-state index < -0.39 is 0 Å². The van der Waals surface area contributed by atoms with Gasteiger partial charge in [0.05, 0.1) is 0 Å². The van der Waals surface area contributed by atoms with Crippen LogP contribution in [0.25, 0.3) is 0 Å². The second-order valence-electron chi connectivity index (χ2n) is 5.08. The maximum absolute atomic E-state index is 5.91. The predicted octanol–water partition coefficient (Wildman–Crippen LogP) is 4.15. The van der Waals surface area contributed by atoms with Gasteiger partial charge in [0.15, 0.2) is 0 Å². The smallest absolute Gasteiger partial charge is 0.0406 e. The van der Waals surface area contributed by atoms with Crippen molar-refractivity contribution in [2.24, 2.45) is 11.8 Å². The molecule has 1 N–H and O–H groups in total. The summed E-state index contributed by atoms with van der Waals surface area (Å²) in [5.41, 5.74) is 1.37. The van der Waals surface area contributed by atoms with Crippen LogP contribution in [0, 0.1) is 11.8 Å². The predicted molar refractivity (Wildman–Crippen MR) is 76.6 cm³/mol. The lowest BCUT2D eigenvalue weighted by Gasteiger charge is -2.28. The van der Waals surface area contributed by atoms with Gasteiger partial charge in [-0.2, -0.15) is 0 Å². The molecule has 0 aromatic heterocycles. The van der Waals surface area contributed by atoms with Crippen LogP contribution in [0.2, 0.25) is 5.02 Å². The van der Waals surface area contributed by atoms with Crippen molar-refractivity contribution in [1.82, 2.24) is 5.32 Å². The molecule has 1 aromatic rings. The number of rotatable bonds is 6. The lowest BCUT2D eigenvalue weighted by molar-refractivity contribution is 0.292. The highest BCUT2D eigenvalue weighted by Crippen LogP contribution is 2.22. The fraction of sp³-hybridized carbons (Fsp3) is 0.600. The second-order valence-corrected chi connectivity index (χ2v) is 5.52. The van der Waals surface area contributed by atoms with Gasteiger partial charge in [-0.15, -0.1) is 0 Å². The van der Waals surface area contributed by atoms with Crippen molar-refractivity contribution >= 4 is 11.6 Å². The Morgan fingerprint density at radius 3 is 2.18 bits per heavy atom. The second kappa shape index (κ2) is 7.03. The first-order valence-corrected chi connectivity index (χ1v) is 6.90. The minimum atomic E-state index is 0.552. The molecule has 0 saturated carbocycles. The molecule has 0 radical (unpaired) electrons. The highest BCUT2D eigenvalue weighted by atomic mass is 35.5. The Hall–Kier alpha value is -0.530. The summed E-state index contributed by atoms with van der Waals surface area (Å²) in [5.74, 6) is 1.34. The lowest BCUT2D eigenvalue weighted by atomic mass is 9.84. The summed E-state index contributed by atoms with van der Waals surface area (Å²) in [4.78, 5) is 0. The third-order valence-electron chi connectivity index (χ3n) is 3.41. The number of benzene rings is 1. The standard InChI is InChI=1S/C15H24ClN/c1-5-17-12(4)15(11(2)3)10-13-6-8-14(16)9-7-13/h6-9,11-12,15,17H,5,10H2,1-4H3. The molecular formula is C15H24ClN. The van der Waals surface area contributed by atoms with Gasteiger partial charge in [0.2, 0.25) is 0 Å². The van der Waals surface area contributed by atoms with E-state index in [0.717, 1.165) is 18.0 Å². The van der Waals surface area contributed by atoms with E-state index in [-0.39, 0.29) is 0 Å². The average molecular weight is 254 g/mol. The van der Waals surface area contributed by atoms with E-state index in [1.54, 1.807) is 0 Å². The van der Waals surface area contributed by atoms with Crippen LogP contribution in [0.4, 0.5) is 0 Å². The summed E-state index contributed by atoms with van der Waals surface area (Å²) in [5, 5.41) is 4.35. The van der Waals surface area contributed by atoms with Gasteiger partial charge in [-0.3, -0.25) is 0 Å². The number of halogens is 1. The molecule has 0 fully saturated rings. The van der Waals surface area contributed by atoms with Crippen LogP contribution in [0.5, 0.6) is 0 Å². The van der Waals surface area contributed by atoms with Crippen LogP contribution in [-0.4, -0.2) is 12.6 Å². The van der Waals surface area contributed by atoms with E-state index in [1.165, 1.54) is 5.56 Å². The van der Waals surface area contributed by atoms with Gasteiger partial charge in [0.1, 0.15) is 0 Å². The first-order chi connectivity index (χ1) is 8.04. The first kappa shape index (κ1) is 14.5. The molecule has 2 atom stereocenters. The molecule has 1 aromatic carbocycles. The Balaban J connectivity index is 2.69. The summed E-state index contributed by atoms with van der Waals surface area (Å²) in [7, 11) is 0. The van der Waals surface area contributed by atoms with Crippen LogP contribution in [-0.2, 0) is 6.42 Å². The van der Waals surface area contributed by atoms with Crippen molar-refractivity contribution in [2.45, 2.75) is 40.2 Å². The van der Waals surface area contributed by atoms with Crippen LogP contribution in [0.3, 0.4) is 0 Å². The number of nitrogens with one attached hydrogen (secondary N) is 1. The Morgan fingerprint density at radius 2 is 1.71 bits per heavy atom. The largest absolute Gasteiger partial charge is 0.314 e. The molecule has 17 heavy (non-hydrogen) atoms. The lowest BCUT2D eigenvalue weighted by Crippen LogP contribution is -2.37. The Labute approximate surface area is 111 Å².